The third kappa shape index (κ3) is 4.03. The second kappa shape index (κ2) is 8.44. The summed E-state index contributed by atoms with van der Waals surface area (Å²) >= 11 is 11.7. The van der Waals surface area contributed by atoms with Crippen LogP contribution in [0.3, 0.4) is 0 Å². The highest BCUT2D eigenvalue weighted by Crippen LogP contribution is 2.42. The van der Waals surface area contributed by atoms with Crippen LogP contribution in [0.5, 0.6) is 0 Å². The Morgan fingerprint density at radius 2 is 1.94 bits per heavy atom. The Kier molecular flexibility index (Phi) is 5.83. The van der Waals surface area contributed by atoms with Gasteiger partial charge in [0.15, 0.2) is 0 Å². The molecular weight excluding hydrogens is 461 g/mol. The van der Waals surface area contributed by atoms with Gasteiger partial charge in [-0.05, 0) is 44.2 Å². The number of aryl methyl sites for hydroxylation is 1. The van der Waals surface area contributed by atoms with E-state index < -0.39 is 35.9 Å². The smallest absolute Gasteiger partial charge is 0.244 e. The minimum absolute atomic E-state index is 0.0587. The van der Waals surface area contributed by atoms with Gasteiger partial charge in [0.1, 0.15) is 24.0 Å². The summed E-state index contributed by atoms with van der Waals surface area (Å²) in [7, 11) is 0. The lowest BCUT2D eigenvalue weighted by Gasteiger charge is -2.24. The van der Waals surface area contributed by atoms with Gasteiger partial charge in [-0.15, -0.1) is 0 Å². The first-order chi connectivity index (χ1) is 15.2. The molecule has 1 aromatic heterocycles. The highest BCUT2D eigenvalue weighted by atomic mass is 35.5. The molecular formula is C22H16Cl2F2N4O2. The summed E-state index contributed by atoms with van der Waals surface area (Å²) in [6, 6.07) is 6.32. The molecule has 32 heavy (non-hydrogen) atoms. The number of halogens is 4. The van der Waals surface area contributed by atoms with E-state index in [1.165, 1.54) is 24.4 Å². The summed E-state index contributed by atoms with van der Waals surface area (Å²) in [6.45, 7) is 2.83. The van der Waals surface area contributed by atoms with Gasteiger partial charge >= 0.3 is 0 Å². The van der Waals surface area contributed by atoms with Crippen molar-refractivity contribution in [3.05, 3.63) is 69.7 Å². The van der Waals surface area contributed by atoms with Crippen LogP contribution in [0, 0.1) is 18.6 Å². The number of nitrogens with one attached hydrogen (secondary N) is 1. The predicted octanol–water partition coefficient (Wildman–Crippen LogP) is 5.13. The van der Waals surface area contributed by atoms with E-state index in [1.54, 1.807) is 13.8 Å². The minimum Gasteiger partial charge on any atom is -0.324 e. The molecule has 2 amide bonds. The molecule has 2 heterocycles. The highest BCUT2D eigenvalue weighted by molar-refractivity contribution is 6.31. The lowest BCUT2D eigenvalue weighted by atomic mass is 9.98. The summed E-state index contributed by atoms with van der Waals surface area (Å²) in [5.41, 5.74) is 1.06. The Bertz CT molecular complexity index is 1270. The minimum atomic E-state index is -0.780. The van der Waals surface area contributed by atoms with E-state index in [4.69, 9.17) is 23.2 Å². The van der Waals surface area contributed by atoms with Gasteiger partial charge in [-0.1, -0.05) is 23.2 Å². The van der Waals surface area contributed by atoms with Gasteiger partial charge in [-0.3, -0.25) is 9.59 Å². The lowest BCUT2D eigenvalue weighted by Crippen LogP contribution is -2.40. The number of fused-ring (bicyclic) bond motifs is 3. The zero-order valence-electron chi connectivity index (χ0n) is 16.9. The quantitative estimate of drug-likeness (QED) is 0.568. The fraction of sp³-hybridized carbons (Fsp3) is 0.182. The van der Waals surface area contributed by atoms with Crippen LogP contribution in [0.25, 0.3) is 11.1 Å². The third-order valence-electron chi connectivity index (χ3n) is 5.08. The van der Waals surface area contributed by atoms with Gasteiger partial charge in [-0.25, -0.2) is 18.7 Å². The number of rotatable bonds is 3. The Labute approximate surface area is 192 Å². The normalized spacial score (nSPS) is 15.1. The maximum atomic E-state index is 15.1. The Morgan fingerprint density at radius 1 is 1.19 bits per heavy atom. The second-order valence-corrected chi connectivity index (χ2v) is 8.16. The zero-order chi connectivity index (χ0) is 23.2. The molecule has 0 aliphatic carbocycles. The van der Waals surface area contributed by atoms with E-state index >= 15 is 4.39 Å². The summed E-state index contributed by atoms with van der Waals surface area (Å²) < 4.78 is 28.8. The zero-order valence-corrected chi connectivity index (χ0v) is 18.4. The molecule has 6 nitrogen and oxygen atoms in total. The van der Waals surface area contributed by atoms with Crippen LogP contribution < -0.4 is 10.2 Å². The molecule has 10 heteroatoms. The van der Waals surface area contributed by atoms with Crippen LogP contribution in [-0.2, 0) is 9.59 Å². The van der Waals surface area contributed by atoms with Crippen molar-refractivity contribution >= 4 is 46.4 Å². The second-order valence-electron chi connectivity index (χ2n) is 7.32. The van der Waals surface area contributed by atoms with Crippen LogP contribution >= 0.6 is 23.2 Å². The van der Waals surface area contributed by atoms with Crippen molar-refractivity contribution in [2.24, 2.45) is 0 Å². The number of hydrogen-bond acceptors (Lipinski definition) is 4. The van der Waals surface area contributed by atoms with E-state index in [2.05, 4.69) is 15.3 Å². The monoisotopic (exact) mass is 476 g/mol. The SMILES string of the molecule is Cc1ncc2c(n1)[C@@H](C)C(=O)N(CC(=O)Nc1ccc(Cl)c(F)c1)c1cc(Cl)cc(F)c1-2. The maximum absolute atomic E-state index is 15.1. The van der Waals surface area contributed by atoms with E-state index in [-0.39, 0.29) is 27.0 Å². The summed E-state index contributed by atoms with van der Waals surface area (Å²) in [4.78, 5) is 35.7. The molecule has 1 N–H and O–H groups in total. The largest absolute Gasteiger partial charge is 0.324 e. The van der Waals surface area contributed by atoms with Gasteiger partial charge in [0.05, 0.1) is 22.3 Å². The van der Waals surface area contributed by atoms with Crippen molar-refractivity contribution < 1.29 is 18.4 Å². The van der Waals surface area contributed by atoms with Crippen LogP contribution in [0.2, 0.25) is 10.0 Å². The molecule has 2 aromatic carbocycles. The summed E-state index contributed by atoms with van der Waals surface area (Å²) in [6.07, 6.45) is 1.46. The number of aromatic nitrogens is 2. The molecule has 0 spiro atoms. The number of amides is 2. The summed E-state index contributed by atoms with van der Waals surface area (Å²) in [5, 5.41) is 2.49. The van der Waals surface area contributed by atoms with Gasteiger partial charge in [-0.2, -0.15) is 0 Å². The topological polar surface area (TPSA) is 75.2 Å². The first kappa shape index (κ1) is 22.1. The maximum Gasteiger partial charge on any atom is 0.244 e. The summed E-state index contributed by atoms with van der Waals surface area (Å²) in [5.74, 6) is -2.82. The van der Waals surface area contributed by atoms with Crippen molar-refractivity contribution in [3.8, 4) is 11.1 Å². The van der Waals surface area contributed by atoms with Crippen LogP contribution in [-0.4, -0.2) is 28.3 Å². The number of benzene rings is 2. The number of nitrogens with zero attached hydrogens (tertiary/aromatic N) is 3. The molecule has 3 aromatic rings. The highest BCUT2D eigenvalue weighted by Gasteiger charge is 2.35. The first-order valence-corrected chi connectivity index (χ1v) is 10.3. The third-order valence-corrected chi connectivity index (χ3v) is 5.61. The number of carbonyl (C=O) groups is 2. The van der Waals surface area contributed by atoms with Gasteiger partial charge in [0.25, 0.3) is 0 Å². The van der Waals surface area contributed by atoms with Crippen molar-refractivity contribution in [3.63, 3.8) is 0 Å². The van der Waals surface area contributed by atoms with Crippen molar-refractivity contribution in [2.75, 3.05) is 16.8 Å². The fourth-order valence-corrected chi connectivity index (χ4v) is 3.92. The molecule has 0 unspecified atom stereocenters. The predicted molar refractivity (Wildman–Crippen MR) is 118 cm³/mol. The number of hydrogen-bond donors (Lipinski definition) is 1. The molecule has 0 fully saturated rings. The fourth-order valence-electron chi connectivity index (χ4n) is 3.60. The van der Waals surface area contributed by atoms with E-state index in [0.717, 1.165) is 17.0 Å². The van der Waals surface area contributed by atoms with E-state index in [1.807, 2.05) is 0 Å². The van der Waals surface area contributed by atoms with E-state index in [0.29, 0.717) is 17.1 Å². The van der Waals surface area contributed by atoms with Crippen molar-refractivity contribution in [1.82, 2.24) is 9.97 Å². The Balaban J connectivity index is 1.77. The molecule has 4 rings (SSSR count). The Hall–Kier alpha value is -3.10. The molecule has 0 bridgehead atoms. The van der Waals surface area contributed by atoms with Crippen molar-refractivity contribution in [1.29, 1.82) is 0 Å². The standard InChI is InChI=1S/C22H16Cl2F2N4O2/c1-10-21-14(8-27-11(2)28-21)20-17(26)5-12(23)6-18(20)30(22(10)32)9-19(31)29-13-3-4-15(24)16(25)7-13/h3-8,10H,9H2,1-2H3,(H,29,31)/t10-/m1/s1. The van der Waals surface area contributed by atoms with Crippen LogP contribution in [0.1, 0.15) is 24.4 Å². The molecule has 0 saturated heterocycles. The van der Waals surface area contributed by atoms with Crippen LogP contribution in [0.4, 0.5) is 20.2 Å². The van der Waals surface area contributed by atoms with Crippen molar-refractivity contribution in [2.45, 2.75) is 19.8 Å². The van der Waals surface area contributed by atoms with Gasteiger partial charge < -0.3 is 10.2 Å². The molecule has 164 valence electrons. The molecule has 1 atom stereocenters. The van der Waals surface area contributed by atoms with Crippen LogP contribution in [0.15, 0.2) is 36.5 Å². The number of anilines is 2. The molecule has 0 radical (unpaired) electrons. The molecule has 1 aliphatic heterocycles. The Morgan fingerprint density at radius 3 is 2.66 bits per heavy atom. The number of carbonyl (C=O) groups excluding carboxylic acids is 2. The van der Waals surface area contributed by atoms with Gasteiger partial charge in [0.2, 0.25) is 11.8 Å². The first-order valence-electron chi connectivity index (χ1n) is 9.55. The van der Waals surface area contributed by atoms with E-state index in [9.17, 15) is 14.0 Å². The average Bonchev–Trinajstić information content (AvgIpc) is 2.80. The van der Waals surface area contributed by atoms with Gasteiger partial charge in [0, 0.05) is 28.0 Å². The molecule has 1 aliphatic rings. The average molecular weight is 477 g/mol. The lowest BCUT2D eigenvalue weighted by molar-refractivity contribution is -0.122. The molecule has 0 saturated carbocycles.